The van der Waals surface area contributed by atoms with E-state index in [1.54, 1.807) is 6.92 Å². The van der Waals surface area contributed by atoms with Gasteiger partial charge in [0.25, 0.3) is 0 Å². The largest absolute Gasteiger partial charge is 0.418 e. The molecule has 0 spiro atoms. The molecule has 0 saturated carbocycles. The lowest BCUT2D eigenvalue weighted by molar-refractivity contribution is -0.267. The van der Waals surface area contributed by atoms with Crippen molar-refractivity contribution >= 4 is 0 Å². The molecule has 0 fully saturated rings. The maximum atomic E-state index is 12.3. The second-order valence-electron chi connectivity index (χ2n) is 2.69. The highest BCUT2D eigenvalue weighted by atomic mass is 19.4. The van der Waals surface area contributed by atoms with Crippen LogP contribution in [0.1, 0.15) is 13.8 Å². The standard InChI is InChI=1S/C7H14F3NO/c1-4-12-6(2,5-11-3)7(8,9)10/h11H,4-5H2,1-3H3. The van der Waals surface area contributed by atoms with Gasteiger partial charge < -0.3 is 10.1 Å². The maximum Gasteiger partial charge on any atom is 0.418 e. The minimum Gasteiger partial charge on any atom is -0.365 e. The number of rotatable bonds is 4. The van der Waals surface area contributed by atoms with Gasteiger partial charge in [-0.2, -0.15) is 13.2 Å². The van der Waals surface area contributed by atoms with Crippen LogP contribution in [0.3, 0.4) is 0 Å². The van der Waals surface area contributed by atoms with E-state index in [-0.39, 0.29) is 13.2 Å². The Balaban J connectivity index is 4.38. The number of halogens is 3. The highest BCUT2D eigenvalue weighted by Gasteiger charge is 2.51. The molecule has 1 atom stereocenters. The molecule has 5 heteroatoms. The van der Waals surface area contributed by atoms with Gasteiger partial charge in [-0.1, -0.05) is 0 Å². The first-order valence-corrected chi connectivity index (χ1v) is 3.72. The molecule has 0 aliphatic rings. The maximum absolute atomic E-state index is 12.3. The lowest BCUT2D eigenvalue weighted by Crippen LogP contribution is -2.51. The van der Waals surface area contributed by atoms with E-state index >= 15 is 0 Å². The van der Waals surface area contributed by atoms with Gasteiger partial charge in [-0.25, -0.2) is 0 Å². The minimum absolute atomic E-state index is 0.0533. The van der Waals surface area contributed by atoms with Gasteiger partial charge in [-0.3, -0.25) is 0 Å². The molecule has 0 saturated heterocycles. The van der Waals surface area contributed by atoms with Crippen molar-refractivity contribution in [3.63, 3.8) is 0 Å². The van der Waals surface area contributed by atoms with Crippen molar-refractivity contribution < 1.29 is 17.9 Å². The van der Waals surface area contributed by atoms with Crippen LogP contribution in [0, 0.1) is 0 Å². The molecule has 0 radical (unpaired) electrons. The van der Waals surface area contributed by atoms with Crippen molar-refractivity contribution in [3.8, 4) is 0 Å². The zero-order chi connectivity index (χ0) is 9.83. The summed E-state index contributed by atoms with van der Waals surface area (Å²) in [5.74, 6) is 0. The summed E-state index contributed by atoms with van der Waals surface area (Å²) in [5, 5.41) is 2.45. The van der Waals surface area contributed by atoms with Crippen molar-refractivity contribution in [3.05, 3.63) is 0 Å². The molecule has 0 amide bonds. The lowest BCUT2D eigenvalue weighted by atomic mass is 10.1. The van der Waals surface area contributed by atoms with Gasteiger partial charge in [0.05, 0.1) is 0 Å². The first-order chi connectivity index (χ1) is 5.37. The first-order valence-electron chi connectivity index (χ1n) is 3.72. The molecule has 0 aromatic heterocycles. The molecule has 1 N–H and O–H groups in total. The summed E-state index contributed by atoms with van der Waals surface area (Å²) in [4.78, 5) is 0. The predicted octanol–water partition coefficient (Wildman–Crippen LogP) is 1.56. The second-order valence-corrected chi connectivity index (χ2v) is 2.69. The van der Waals surface area contributed by atoms with Gasteiger partial charge in [0, 0.05) is 13.2 Å². The van der Waals surface area contributed by atoms with E-state index in [2.05, 4.69) is 10.1 Å². The Kier molecular flexibility index (Phi) is 3.99. The van der Waals surface area contributed by atoms with Gasteiger partial charge in [0.1, 0.15) is 0 Å². The number of alkyl halides is 3. The summed E-state index contributed by atoms with van der Waals surface area (Å²) in [6.45, 7) is 2.40. The fraction of sp³-hybridized carbons (Fsp3) is 1.00. The number of ether oxygens (including phenoxy) is 1. The average molecular weight is 185 g/mol. The van der Waals surface area contributed by atoms with Gasteiger partial charge in [-0.15, -0.1) is 0 Å². The lowest BCUT2D eigenvalue weighted by Gasteiger charge is -2.31. The SMILES string of the molecule is CCOC(C)(CNC)C(F)(F)F. The van der Waals surface area contributed by atoms with Crippen LogP contribution in [-0.2, 0) is 4.74 Å². The van der Waals surface area contributed by atoms with Crippen molar-refractivity contribution in [2.75, 3.05) is 20.2 Å². The highest BCUT2D eigenvalue weighted by Crippen LogP contribution is 2.32. The topological polar surface area (TPSA) is 21.3 Å². The minimum atomic E-state index is -4.33. The molecular formula is C7H14F3NO. The van der Waals surface area contributed by atoms with Crippen molar-refractivity contribution in [2.45, 2.75) is 25.6 Å². The Morgan fingerprint density at radius 1 is 1.33 bits per heavy atom. The van der Waals surface area contributed by atoms with E-state index in [0.717, 1.165) is 6.92 Å². The number of hydrogen-bond acceptors (Lipinski definition) is 2. The Labute approximate surface area is 70.1 Å². The first kappa shape index (κ1) is 11.7. The third-order valence-electron chi connectivity index (χ3n) is 1.58. The Bertz CT molecular complexity index is 129. The van der Waals surface area contributed by atoms with Crippen LogP contribution < -0.4 is 5.32 Å². The fourth-order valence-corrected chi connectivity index (χ4v) is 0.889. The Morgan fingerprint density at radius 2 is 1.83 bits per heavy atom. The van der Waals surface area contributed by atoms with E-state index in [1.165, 1.54) is 7.05 Å². The zero-order valence-corrected chi connectivity index (χ0v) is 7.46. The third-order valence-corrected chi connectivity index (χ3v) is 1.58. The second kappa shape index (κ2) is 4.09. The van der Waals surface area contributed by atoms with E-state index in [9.17, 15) is 13.2 Å². The summed E-state index contributed by atoms with van der Waals surface area (Å²) >= 11 is 0. The Morgan fingerprint density at radius 3 is 2.08 bits per heavy atom. The van der Waals surface area contributed by atoms with Crippen LogP contribution in [0.5, 0.6) is 0 Å². The van der Waals surface area contributed by atoms with Crippen molar-refractivity contribution in [1.29, 1.82) is 0 Å². The van der Waals surface area contributed by atoms with Crippen molar-refractivity contribution in [2.24, 2.45) is 0 Å². The Hall–Kier alpha value is -0.290. The van der Waals surface area contributed by atoms with Crippen LogP contribution >= 0.6 is 0 Å². The van der Waals surface area contributed by atoms with E-state index < -0.39 is 11.8 Å². The van der Waals surface area contributed by atoms with Gasteiger partial charge in [0.15, 0.2) is 5.60 Å². The summed E-state index contributed by atoms with van der Waals surface area (Å²) in [7, 11) is 1.46. The molecule has 0 aliphatic carbocycles. The van der Waals surface area contributed by atoms with Gasteiger partial charge in [-0.05, 0) is 20.9 Å². The summed E-state index contributed by atoms with van der Waals surface area (Å²) in [5.41, 5.74) is -2.07. The third kappa shape index (κ3) is 2.64. The molecule has 0 rings (SSSR count). The number of hydrogen-bond donors (Lipinski definition) is 1. The molecule has 12 heavy (non-hydrogen) atoms. The predicted molar refractivity (Wildman–Crippen MR) is 40.0 cm³/mol. The summed E-state index contributed by atoms with van der Waals surface area (Å²) in [6.07, 6.45) is -4.33. The summed E-state index contributed by atoms with van der Waals surface area (Å²) < 4.78 is 41.6. The van der Waals surface area contributed by atoms with Crippen LogP contribution in [0.4, 0.5) is 13.2 Å². The zero-order valence-electron chi connectivity index (χ0n) is 7.46. The summed E-state index contributed by atoms with van der Waals surface area (Å²) in [6, 6.07) is 0. The van der Waals surface area contributed by atoms with Gasteiger partial charge in [0.2, 0.25) is 0 Å². The van der Waals surface area contributed by atoms with E-state index in [1.807, 2.05) is 0 Å². The van der Waals surface area contributed by atoms with Crippen LogP contribution in [-0.4, -0.2) is 32.0 Å². The molecule has 2 nitrogen and oxygen atoms in total. The van der Waals surface area contributed by atoms with Crippen LogP contribution in [0.15, 0.2) is 0 Å². The average Bonchev–Trinajstić information content (AvgIpc) is 1.86. The number of likely N-dealkylation sites (N-methyl/N-ethyl adjacent to an activating group) is 1. The number of nitrogens with one attached hydrogen (secondary N) is 1. The molecule has 0 aliphatic heterocycles. The normalized spacial score (nSPS) is 17.5. The monoisotopic (exact) mass is 185 g/mol. The quantitative estimate of drug-likeness (QED) is 0.717. The molecule has 0 bridgehead atoms. The molecule has 74 valence electrons. The van der Waals surface area contributed by atoms with Crippen LogP contribution in [0.25, 0.3) is 0 Å². The van der Waals surface area contributed by atoms with Crippen molar-refractivity contribution in [1.82, 2.24) is 5.32 Å². The highest BCUT2D eigenvalue weighted by molar-refractivity contribution is 4.85. The smallest absolute Gasteiger partial charge is 0.365 e. The fourth-order valence-electron chi connectivity index (χ4n) is 0.889. The molecule has 0 aromatic carbocycles. The van der Waals surface area contributed by atoms with E-state index in [4.69, 9.17) is 0 Å². The molecule has 0 aromatic rings. The van der Waals surface area contributed by atoms with E-state index in [0.29, 0.717) is 0 Å². The molecule has 0 heterocycles. The van der Waals surface area contributed by atoms with Gasteiger partial charge >= 0.3 is 6.18 Å². The molecule has 1 unspecified atom stereocenters. The molecular weight excluding hydrogens is 171 g/mol. The van der Waals surface area contributed by atoms with Crippen LogP contribution in [0.2, 0.25) is 0 Å².